The summed E-state index contributed by atoms with van der Waals surface area (Å²) >= 11 is 0. The Kier molecular flexibility index (Phi) is 4.94. The van der Waals surface area contributed by atoms with Gasteiger partial charge in [0.25, 0.3) is 5.91 Å². The van der Waals surface area contributed by atoms with Crippen molar-refractivity contribution in [2.45, 2.75) is 13.0 Å². The fourth-order valence-corrected chi connectivity index (χ4v) is 1.48. The number of nitrogens with one attached hydrogen (secondary N) is 1. The van der Waals surface area contributed by atoms with Crippen LogP contribution in [0.3, 0.4) is 0 Å². The number of benzene rings is 1. The van der Waals surface area contributed by atoms with Crippen LogP contribution in [0, 0.1) is 6.92 Å². The Labute approximate surface area is 106 Å². The van der Waals surface area contributed by atoms with E-state index in [2.05, 4.69) is 5.32 Å². The highest BCUT2D eigenvalue weighted by molar-refractivity contribution is 5.96. The molecule has 0 radical (unpaired) electrons. The molecule has 0 spiro atoms. The predicted molar refractivity (Wildman–Crippen MR) is 68.0 cm³/mol. The van der Waals surface area contributed by atoms with E-state index in [0.29, 0.717) is 17.2 Å². The first-order valence-electron chi connectivity index (χ1n) is 5.45. The second kappa shape index (κ2) is 6.23. The van der Waals surface area contributed by atoms with E-state index in [1.54, 1.807) is 26.2 Å². The molecule has 6 nitrogen and oxygen atoms in total. The second-order valence-electron chi connectivity index (χ2n) is 3.76. The van der Waals surface area contributed by atoms with Crippen molar-refractivity contribution in [1.29, 1.82) is 0 Å². The van der Waals surface area contributed by atoms with Gasteiger partial charge >= 0.3 is 0 Å². The molecule has 0 bridgehead atoms. The van der Waals surface area contributed by atoms with Gasteiger partial charge in [0.15, 0.2) is 0 Å². The number of nitrogens with two attached hydrogens (primary N) is 1. The minimum atomic E-state index is -1.24. The average molecular weight is 254 g/mol. The number of aryl methyl sites for hydroxylation is 1. The molecule has 18 heavy (non-hydrogen) atoms. The third-order valence-corrected chi connectivity index (χ3v) is 2.50. The first kappa shape index (κ1) is 14.3. The number of aliphatic hydroxyl groups excluding tert-OH is 1. The van der Waals surface area contributed by atoms with Crippen molar-refractivity contribution >= 4 is 11.6 Å². The van der Waals surface area contributed by atoms with Gasteiger partial charge in [-0.3, -0.25) is 4.79 Å². The van der Waals surface area contributed by atoms with Gasteiger partial charge in [0, 0.05) is 12.6 Å². The van der Waals surface area contributed by atoms with Gasteiger partial charge in [-0.25, -0.2) is 0 Å². The second-order valence-corrected chi connectivity index (χ2v) is 3.76. The summed E-state index contributed by atoms with van der Waals surface area (Å²) in [5.41, 5.74) is 6.48. The first-order chi connectivity index (χ1) is 8.53. The topological polar surface area (TPSA) is 93.8 Å². The normalized spacial score (nSPS) is 11.8. The van der Waals surface area contributed by atoms with Gasteiger partial charge in [0.2, 0.25) is 0 Å². The van der Waals surface area contributed by atoms with E-state index >= 15 is 0 Å². The highest BCUT2D eigenvalue weighted by atomic mass is 16.5. The highest BCUT2D eigenvalue weighted by Crippen LogP contribution is 2.33. The lowest BCUT2D eigenvalue weighted by atomic mass is 10.1. The molecule has 0 heterocycles. The number of methoxy groups -OCH3 is 2. The van der Waals surface area contributed by atoms with E-state index in [0.717, 1.165) is 5.56 Å². The van der Waals surface area contributed by atoms with Gasteiger partial charge in [-0.1, -0.05) is 0 Å². The summed E-state index contributed by atoms with van der Waals surface area (Å²) in [6, 6.07) is 3.41. The van der Waals surface area contributed by atoms with Crippen LogP contribution in [0.1, 0.15) is 5.56 Å². The summed E-state index contributed by atoms with van der Waals surface area (Å²) in [6.07, 6.45) is -1.24. The molecule has 6 heteroatoms. The van der Waals surface area contributed by atoms with Crippen molar-refractivity contribution in [1.82, 2.24) is 0 Å². The fraction of sp³-hybridized carbons (Fsp3) is 0.417. The maximum atomic E-state index is 11.6. The van der Waals surface area contributed by atoms with E-state index in [-0.39, 0.29) is 6.54 Å². The molecule has 0 saturated carbocycles. The Hall–Kier alpha value is -1.79. The third-order valence-electron chi connectivity index (χ3n) is 2.50. The molecule has 1 aromatic rings. The molecule has 0 aliphatic carbocycles. The Morgan fingerprint density at radius 1 is 1.44 bits per heavy atom. The molecule has 0 aromatic heterocycles. The summed E-state index contributed by atoms with van der Waals surface area (Å²) in [5.74, 6) is 0.523. The SMILES string of the molecule is COc1cc(C)c(NC(=O)C(O)CN)c(OC)c1. The maximum absolute atomic E-state index is 11.6. The molecule has 100 valence electrons. The smallest absolute Gasteiger partial charge is 0.254 e. The number of anilines is 1. The third kappa shape index (κ3) is 3.12. The number of amides is 1. The molecular weight excluding hydrogens is 236 g/mol. The van der Waals surface area contributed by atoms with Crippen molar-refractivity contribution in [3.05, 3.63) is 17.7 Å². The molecule has 1 amide bonds. The van der Waals surface area contributed by atoms with Crippen LogP contribution in [0.15, 0.2) is 12.1 Å². The van der Waals surface area contributed by atoms with E-state index < -0.39 is 12.0 Å². The summed E-state index contributed by atoms with van der Waals surface area (Å²) in [6.45, 7) is 1.67. The molecule has 0 saturated heterocycles. The number of aliphatic hydroxyl groups is 1. The average Bonchev–Trinajstić information content (AvgIpc) is 2.39. The number of carbonyl (C=O) groups is 1. The zero-order chi connectivity index (χ0) is 13.7. The largest absolute Gasteiger partial charge is 0.497 e. The zero-order valence-electron chi connectivity index (χ0n) is 10.7. The van der Waals surface area contributed by atoms with Crippen molar-refractivity contribution in [2.24, 2.45) is 5.73 Å². The number of hydrogen-bond acceptors (Lipinski definition) is 5. The lowest BCUT2D eigenvalue weighted by Gasteiger charge is -2.16. The van der Waals surface area contributed by atoms with Gasteiger partial charge in [-0.2, -0.15) is 0 Å². The molecule has 1 aromatic carbocycles. The Morgan fingerprint density at radius 3 is 2.61 bits per heavy atom. The quantitative estimate of drug-likeness (QED) is 0.701. The minimum Gasteiger partial charge on any atom is -0.497 e. The van der Waals surface area contributed by atoms with E-state index in [1.807, 2.05) is 0 Å². The summed E-state index contributed by atoms with van der Waals surface area (Å²) in [7, 11) is 3.04. The van der Waals surface area contributed by atoms with Crippen molar-refractivity contribution < 1.29 is 19.4 Å². The van der Waals surface area contributed by atoms with Crippen LogP contribution in [-0.4, -0.2) is 37.9 Å². The number of carbonyl (C=O) groups excluding carboxylic acids is 1. The van der Waals surface area contributed by atoms with E-state index in [4.69, 9.17) is 15.2 Å². The van der Waals surface area contributed by atoms with Gasteiger partial charge in [0.1, 0.15) is 17.6 Å². The monoisotopic (exact) mass is 254 g/mol. The number of rotatable bonds is 5. The van der Waals surface area contributed by atoms with Gasteiger partial charge in [-0.15, -0.1) is 0 Å². The number of hydrogen-bond donors (Lipinski definition) is 3. The van der Waals surface area contributed by atoms with Crippen LogP contribution in [0.5, 0.6) is 11.5 Å². The Bertz CT molecular complexity index is 434. The molecule has 0 fully saturated rings. The molecule has 0 aliphatic rings. The van der Waals surface area contributed by atoms with Gasteiger partial charge in [-0.05, 0) is 18.6 Å². The van der Waals surface area contributed by atoms with Crippen LogP contribution in [0.4, 0.5) is 5.69 Å². The Balaban J connectivity index is 3.04. The van der Waals surface area contributed by atoms with Crippen molar-refractivity contribution in [2.75, 3.05) is 26.1 Å². The van der Waals surface area contributed by atoms with Gasteiger partial charge < -0.3 is 25.6 Å². The molecular formula is C12H18N2O4. The Morgan fingerprint density at radius 2 is 2.11 bits per heavy atom. The first-order valence-corrected chi connectivity index (χ1v) is 5.45. The summed E-state index contributed by atoms with van der Waals surface area (Å²) < 4.78 is 10.3. The fourth-order valence-electron chi connectivity index (χ4n) is 1.48. The molecule has 4 N–H and O–H groups in total. The zero-order valence-corrected chi connectivity index (χ0v) is 10.7. The van der Waals surface area contributed by atoms with Gasteiger partial charge in [0.05, 0.1) is 19.9 Å². The van der Waals surface area contributed by atoms with Crippen molar-refractivity contribution in [3.63, 3.8) is 0 Å². The molecule has 1 rings (SSSR count). The molecule has 1 atom stereocenters. The van der Waals surface area contributed by atoms with Crippen molar-refractivity contribution in [3.8, 4) is 11.5 Å². The van der Waals surface area contributed by atoms with Crippen LogP contribution >= 0.6 is 0 Å². The van der Waals surface area contributed by atoms with Crippen LogP contribution in [0.25, 0.3) is 0 Å². The molecule has 0 aliphatic heterocycles. The van der Waals surface area contributed by atoms with E-state index in [9.17, 15) is 9.90 Å². The maximum Gasteiger partial charge on any atom is 0.254 e. The standard InChI is InChI=1S/C12H18N2O4/c1-7-4-8(17-2)5-10(18-3)11(7)14-12(16)9(15)6-13/h4-5,9,15H,6,13H2,1-3H3,(H,14,16). The van der Waals surface area contributed by atoms with E-state index in [1.165, 1.54) is 7.11 Å². The minimum absolute atomic E-state index is 0.136. The summed E-state index contributed by atoms with van der Waals surface area (Å²) in [5, 5.41) is 11.9. The van der Waals surface area contributed by atoms with Crippen LogP contribution in [0.2, 0.25) is 0 Å². The lowest BCUT2D eigenvalue weighted by molar-refractivity contribution is -0.123. The lowest BCUT2D eigenvalue weighted by Crippen LogP contribution is -2.34. The van der Waals surface area contributed by atoms with Crippen LogP contribution < -0.4 is 20.5 Å². The number of ether oxygens (including phenoxy) is 2. The highest BCUT2D eigenvalue weighted by Gasteiger charge is 2.17. The predicted octanol–water partition coefficient (Wildman–Crippen LogP) is 0.270. The molecule has 1 unspecified atom stereocenters. The summed E-state index contributed by atoms with van der Waals surface area (Å²) in [4.78, 5) is 11.6. The van der Waals surface area contributed by atoms with Crippen LogP contribution in [-0.2, 0) is 4.79 Å².